The van der Waals surface area contributed by atoms with Crippen molar-refractivity contribution in [2.75, 3.05) is 19.1 Å². The minimum atomic E-state index is -1.72. The number of anilines is 1. The highest BCUT2D eigenvalue weighted by Gasteiger charge is 2.62. The summed E-state index contributed by atoms with van der Waals surface area (Å²) in [5.74, 6) is -1.30. The number of rotatable bonds is 2. The molecule has 0 radical (unpaired) electrons. The van der Waals surface area contributed by atoms with Gasteiger partial charge in [-0.2, -0.15) is 0 Å². The van der Waals surface area contributed by atoms with Gasteiger partial charge in [0.25, 0.3) is 5.56 Å². The molecule has 1 spiro atoms. The fourth-order valence-electron chi connectivity index (χ4n) is 4.81. The minimum absolute atomic E-state index is 0.0779. The van der Waals surface area contributed by atoms with Crippen molar-refractivity contribution in [2.24, 2.45) is 5.73 Å². The van der Waals surface area contributed by atoms with Crippen molar-refractivity contribution >= 4 is 17.6 Å². The van der Waals surface area contributed by atoms with Crippen LogP contribution in [0, 0.1) is 6.92 Å². The summed E-state index contributed by atoms with van der Waals surface area (Å²) < 4.78 is 12.4. The van der Waals surface area contributed by atoms with Gasteiger partial charge in [0.05, 0.1) is 12.7 Å². The lowest BCUT2D eigenvalue weighted by Crippen LogP contribution is -2.51. The number of fused-ring (bicyclic) bond motifs is 4. The van der Waals surface area contributed by atoms with E-state index in [0.29, 0.717) is 11.3 Å². The van der Waals surface area contributed by atoms with Crippen molar-refractivity contribution in [1.29, 1.82) is 0 Å². The fourth-order valence-corrected chi connectivity index (χ4v) is 4.81. The molecule has 2 aliphatic heterocycles. The zero-order valence-electron chi connectivity index (χ0n) is 16.9. The number of carbonyl (C=O) groups excluding carboxylic acids is 2. The van der Waals surface area contributed by atoms with Gasteiger partial charge in [0.15, 0.2) is 0 Å². The van der Waals surface area contributed by atoms with Gasteiger partial charge >= 0.3 is 5.97 Å². The molecule has 3 heterocycles. The number of amides is 1. The number of aromatic nitrogens is 1. The number of hydrogen-bond donors (Lipinski definition) is 1. The number of likely N-dealkylation sites (N-methyl/N-ethyl adjacent to an activating group) is 1. The van der Waals surface area contributed by atoms with Crippen molar-refractivity contribution in [3.63, 3.8) is 0 Å². The summed E-state index contributed by atoms with van der Waals surface area (Å²) in [7, 11) is 2.82. The van der Waals surface area contributed by atoms with Crippen LogP contribution in [0.15, 0.2) is 46.6 Å². The number of carbonyl (C=O) groups is 2. The van der Waals surface area contributed by atoms with Crippen molar-refractivity contribution in [2.45, 2.75) is 31.2 Å². The molecule has 30 heavy (non-hydrogen) atoms. The molecule has 8 nitrogen and oxygen atoms in total. The van der Waals surface area contributed by atoms with Crippen LogP contribution in [0.2, 0.25) is 0 Å². The average Bonchev–Trinajstić information content (AvgIpc) is 3.53. The van der Waals surface area contributed by atoms with Gasteiger partial charge in [0, 0.05) is 36.1 Å². The van der Waals surface area contributed by atoms with Crippen LogP contribution in [0.3, 0.4) is 0 Å². The van der Waals surface area contributed by atoms with Crippen LogP contribution in [0.25, 0.3) is 0 Å². The van der Waals surface area contributed by atoms with E-state index in [4.69, 9.17) is 15.2 Å². The molecule has 0 bridgehead atoms. The number of pyridine rings is 1. The maximum atomic E-state index is 13.8. The van der Waals surface area contributed by atoms with E-state index in [1.165, 1.54) is 12.0 Å². The highest BCUT2D eigenvalue weighted by atomic mass is 16.5. The van der Waals surface area contributed by atoms with E-state index < -0.39 is 17.3 Å². The van der Waals surface area contributed by atoms with Crippen LogP contribution in [-0.4, -0.2) is 30.6 Å². The lowest BCUT2D eigenvalue weighted by Gasteiger charge is -2.35. The van der Waals surface area contributed by atoms with Gasteiger partial charge in [0.2, 0.25) is 11.8 Å². The molecule has 5 rings (SSSR count). The Kier molecular flexibility index (Phi) is 3.68. The third-order valence-electron chi connectivity index (χ3n) is 6.21. The number of para-hydroxylation sites is 1. The maximum absolute atomic E-state index is 13.8. The molecule has 1 aromatic carbocycles. The van der Waals surface area contributed by atoms with E-state index >= 15 is 0 Å². The molecule has 1 amide bonds. The summed E-state index contributed by atoms with van der Waals surface area (Å²) >= 11 is 0. The number of nitrogens with zero attached hydrogens (tertiary/aromatic N) is 2. The van der Waals surface area contributed by atoms with E-state index in [-0.39, 0.29) is 34.4 Å². The third-order valence-corrected chi connectivity index (χ3v) is 6.21. The molecule has 8 heteroatoms. The number of aryl methyl sites for hydroxylation is 1. The third kappa shape index (κ3) is 2.08. The summed E-state index contributed by atoms with van der Waals surface area (Å²) in [4.78, 5) is 42.0. The Morgan fingerprint density at radius 3 is 2.63 bits per heavy atom. The topological polar surface area (TPSA) is 104 Å². The van der Waals surface area contributed by atoms with E-state index in [1.807, 2.05) is 6.92 Å². The standard InChI is InChI=1S/C22H21N3O5/c1-11-10-15-16(19(26)25(11)12-8-9-12)22(17(18(23)30-15)20(27)29-3)13-6-4-5-7-14(13)24(2)21(22)28/h4-7,10,12H,8-9,23H2,1-3H3. The first-order valence-electron chi connectivity index (χ1n) is 9.74. The SMILES string of the molecule is COC(=O)C1=C(N)Oc2cc(C)n(C3CC3)c(=O)c2C12C(=O)N(C)c1ccccc12. The smallest absolute Gasteiger partial charge is 0.340 e. The second kappa shape index (κ2) is 5.98. The molecular weight excluding hydrogens is 386 g/mol. The number of methoxy groups -OCH3 is 1. The number of esters is 1. The molecule has 1 unspecified atom stereocenters. The van der Waals surface area contributed by atoms with Gasteiger partial charge < -0.3 is 24.7 Å². The van der Waals surface area contributed by atoms with Gasteiger partial charge in [-0.15, -0.1) is 0 Å². The summed E-state index contributed by atoms with van der Waals surface area (Å²) in [6, 6.07) is 8.87. The van der Waals surface area contributed by atoms with E-state index in [1.54, 1.807) is 41.9 Å². The number of nitrogens with two attached hydrogens (primary N) is 1. The largest absolute Gasteiger partial charge is 0.465 e. The van der Waals surface area contributed by atoms with Crippen molar-refractivity contribution in [3.05, 3.63) is 69.0 Å². The van der Waals surface area contributed by atoms with Crippen LogP contribution in [0.1, 0.15) is 35.7 Å². The molecule has 2 aromatic rings. The van der Waals surface area contributed by atoms with E-state index in [2.05, 4.69) is 0 Å². The molecule has 2 N–H and O–H groups in total. The molecule has 1 fully saturated rings. The van der Waals surface area contributed by atoms with Gasteiger partial charge in [-0.25, -0.2) is 4.79 Å². The molecule has 0 saturated heterocycles. The summed E-state index contributed by atoms with van der Waals surface area (Å²) in [5, 5.41) is 0. The number of ether oxygens (including phenoxy) is 2. The Morgan fingerprint density at radius 1 is 1.27 bits per heavy atom. The molecule has 1 saturated carbocycles. The van der Waals surface area contributed by atoms with Crippen LogP contribution in [0.5, 0.6) is 5.75 Å². The Hall–Kier alpha value is -3.55. The van der Waals surface area contributed by atoms with Gasteiger partial charge in [0.1, 0.15) is 16.7 Å². The second-order valence-corrected chi connectivity index (χ2v) is 7.90. The Labute approximate surface area is 172 Å². The number of hydrogen-bond acceptors (Lipinski definition) is 6. The Bertz CT molecular complexity index is 1220. The molecule has 1 atom stereocenters. The first-order valence-corrected chi connectivity index (χ1v) is 9.74. The summed E-state index contributed by atoms with van der Waals surface area (Å²) in [5.41, 5.74) is 5.88. The minimum Gasteiger partial charge on any atom is -0.465 e. The molecular formula is C22H21N3O5. The van der Waals surface area contributed by atoms with Gasteiger partial charge in [-0.1, -0.05) is 18.2 Å². The van der Waals surface area contributed by atoms with Crippen LogP contribution >= 0.6 is 0 Å². The quantitative estimate of drug-likeness (QED) is 0.757. The van der Waals surface area contributed by atoms with Crippen molar-refractivity contribution in [1.82, 2.24) is 4.57 Å². The summed E-state index contributed by atoms with van der Waals surface area (Å²) in [6.07, 6.45) is 1.78. The van der Waals surface area contributed by atoms with Gasteiger partial charge in [-0.05, 0) is 25.8 Å². The highest BCUT2D eigenvalue weighted by molar-refractivity contribution is 6.18. The van der Waals surface area contributed by atoms with Crippen LogP contribution in [0.4, 0.5) is 5.69 Å². The average molecular weight is 407 g/mol. The van der Waals surface area contributed by atoms with Gasteiger partial charge in [-0.3, -0.25) is 9.59 Å². The lowest BCUT2D eigenvalue weighted by atomic mass is 9.68. The van der Waals surface area contributed by atoms with Crippen LogP contribution < -0.4 is 20.9 Å². The van der Waals surface area contributed by atoms with Crippen molar-refractivity contribution in [3.8, 4) is 5.75 Å². The Morgan fingerprint density at radius 2 is 1.97 bits per heavy atom. The molecule has 1 aliphatic carbocycles. The summed E-state index contributed by atoms with van der Waals surface area (Å²) in [6.45, 7) is 1.82. The normalized spacial score (nSPS) is 22.1. The lowest BCUT2D eigenvalue weighted by molar-refractivity contribution is -0.138. The highest BCUT2D eigenvalue weighted by Crippen LogP contribution is 2.54. The molecule has 154 valence electrons. The number of benzene rings is 1. The second-order valence-electron chi connectivity index (χ2n) is 7.90. The maximum Gasteiger partial charge on any atom is 0.340 e. The van der Waals surface area contributed by atoms with Crippen LogP contribution in [-0.2, 0) is 19.7 Å². The predicted octanol–water partition coefficient (Wildman–Crippen LogP) is 1.49. The van der Waals surface area contributed by atoms with E-state index in [0.717, 1.165) is 18.5 Å². The first kappa shape index (κ1) is 18.5. The Balaban J connectivity index is 1.97. The molecule has 1 aromatic heterocycles. The van der Waals surface area contributed by atoms with E-state index in [9.17, 15) is 14.4 Å². The monoisotopic (exact) mass is 407 g/mol. The first-order chi connectivity index (χ1) is 14.3. The molecule has 3 aliphatic rings. The zero-order valence-corrected chi connectivity index (χ0v) is 16.9. The zero-order chi connectivity index (χ0) is 21.4. The van der Waals surface area contributed by atoms with Crippen molar-refractivity contribution < 1.29 is 19.1 Å². The fraction of sp³-hybridized carbons (Fsp3) is 0.318. The predicted molar refractivity (Wildman–Crippen MR) is 108 cm³/mol.